The average Bonchev–Trinajstić information content (AvgIpc) is 2.63. The van der Waals surface area contributed by atoms with Gasteiger partial charge in [-0.2, -0.15) is 0 Å². The van der Waals surface area contributed by atoms with Crippen LogP contribution in [0.1, 0.15) is 122 Å². The summed E-state index contributed by atoms with van der Waals surface area (Å²) in [7, 11) is 0. The maximum atomic E-state index is 5.04. The van der Waals surface area contributed by atoms with Gasteiger partial charge in [0, 0.05) is 6.54 Å². The Morgan fingerprint density at radius 2 is 0.960 bits per heavy atom. The van der Waals surface area contributed by atoms with E-state index in [0.29, 0.717) is 0 Å². The van der Waals surface area contributed by atoms with Gasteiger partial charge in [-0.15, -0.1) is 0 Å². The van der Waals surface area contributed by atoms with E-state index in [4.69, 9.17) is 12.2 Å². The van der Waals surface area contributed by atoms with Crippen LogP contribution in [-0.2, 0) is 0 Å². The molecule has 0 aromatic rings. The Bertz CT molecular complexity index is 288. The van der Waals surface area contributed by atoms with Gasteiger partial charge in [0.05, 0.1) is 4.99 Å². The summed E-state index contributed by atoms with van der Waals surface area (Å²) in [6.45, 7) is 6.95. The van der Waals surface area contributed by atoms with Crippen molar-refractivity contribution in [1.29, 1.82) is 0 Å². The summed E-state index contributed by atoms with van der Waals surface area (Å²) in [5, 5.41) is 3.20. The molecule has 0 aromatic heterocycles. The van der Waals surface area contributed by atoms with Crippen LogP contribution in [0.4, 0.5) is 0 Å². The van der Waals surface area contributed by atoms with E-state index in [-0.39, 0.29) is 0 Å². The molecule has 0 atom stereocenters. The van der Waals surface area contributed by atoms with E-state index in [1.54, 1.807) is 6.08 Å². The molecule has 2 heteroatoms. The molecule has 0 bridgehead atoms. The second-order valence-electron chi connectivity index (χ2n) is 7.51. The Morgan fingerprint density at radius 3 is 1.28 bits per heavy atom. The van der Waals surface area contributed by atoms with Crippen molar-refractivity contribution in [2.45, 2.75) is 122 Å². The third-order valence-electron chi connectivity index (χ3n) is 5.01. The number of nitrogens with one attached hydrogen (secondary N) is 1. The summed E-state index contributed by atoms with van der Waals surface area (Å²) in [6, 6.07) is 0. The predicted octanol–water partition coefficient (Wildman–Crippen LogP) is 8.13. The molecule has 0 heterocycles. The van der Waals surface area contributed by atoms with Crippen molar-refractivity contribution < 1.29 is 0 Å². The highest BCUT2D eigenvalue weighted by Crippen LogP contribution is 2.14. The zero-order chi connectivity index (χ0) is 18.4. The minimum Gasteiger partial charge on any atom is -0.376 e. The lowest BCUT2D eigenvalue weighted by atomic mass is 10.0. The van der Waals surface area contributed by atoms with Crippen LogP contribution in [0, 0.1) is 0 Å². The second kappa shape index (κ2) is 21.7. The van der Waals surface area contributed by atoms with Crippen molar-refractivity contribution in [3.8, 4) is 0 Å². The number of rotatable bonds is 20. The Hall–Kier alpha value is -0.370. The van der Waals surface area contributed by atoms with Crippen LogP contribution >= 0.6 is 12.2 Å². The Kier molecular flexibility index (Phi) is 21.4. The third kappa shape index (κ3) is 21.6. The molecule has 0 unspecified atom stereocenters. The predicted molar refractivity (Wildman–Crippen MR) is 120 cm³/mol. The number of thiocarbonyl (C=S) groups is 1. The molecule has 0 amide bonds. The zero-order valence-corrected chi connectivity index (χ0v) is 17.9. The Balaban J connectivity index is 3.00. The second-order valence-corrected chi connectivity index (χ2v) is 7.95. The monoisotopic (exact) mass is 367 g/mol. The first-order valence-corrected chi connectivity index (χ1v) is 11.6. The van der Waals surface area contributed by atoms with E-state index in [1.165, 1.54) is 116 Å². The molecule has 1 nitrogen and oxygen atoms in total. The molecule has 0 rings (SSSR count). The number of hydrogen-bond donors (Lipinski definition) is 1. The molecule has 0 fully saturated rings. The third-order valence-corrected chi connectivity index (χ3v) is 5.33. The fourth-order valence-electron chi connectivity index (χ4n) is 3.31. The van der Waals surface area contributed by atoms with Gasteiger partial charge in [-0.3, -0.25) is 0 Å². The van der Waals surface area contributed by atoms with E-state index in [0.717, 1.165) is 11.5 Å². The van der Waals surface area contributed by atoms with E-state index in [9.17, 15) is 0 Å². The Labute approximate surface area is 164 Å². The first-order valence-electron chi connectivity index (χ1n) is 11.2. The van der Waals surface area contributed by atoms with Gasteiger partial charge >= 0.3 is 0 Å². The van der Waals surface area contributed by atoms with Gasteiger partial charge in [-0.25, -0.2) is 0 Å². The lowest BCUT2D eigenvalue weighted by Crippen LogP contribution is -2.19. The van der Waals surface area contributed by atoms with Gasteiger partial charge in [0.2, 0.25) is 0 Å². The summed E-state index contributed by atoms with van der Waals surface area (Å²) in [5.41, 5.74) is 0. The fraction of sp³-hybridized carbons (Fsp3) is 0.870. The lowest BCUT2D eigenvalue weighted by molar-refractivity contribution is 0.525. The average molecular weight is 368 g/mol. The van der Waals surface area contributed by atoms with Gasteiger partial charge in [0.1, 0.15) is 0 Å². The van der Waals surface area contributed by atoms with Gasteiger partial charge in [0.15, 0.2) is 0 Å². The molecule has 0 spiro atoms. The molecule has 148 valence electrons. The first kappa shape index (κ1) is 24.6. The van der Waals surface area contributed by atoms with Crippen molar-refractivity contribution in [1.82, 2.24) is 5.32 Å². The SMILES string of the molecule is C=CC(=S)NCCCCCCCCCCCCCCCCCCCC. The van der Waals surface area contributed by atoms with Crippen LogP contribution in [0.25, 0.3) is 0 Å². The summed E-state index contributed by atoms with van der Waals surface area (Å²) >= 11 is 5.04. The van der Waals surface area contributed by atoms with Gasteiger partial charge in [0.25, 0.3) is 0 Å². The van der Waals surface area contributed by atoms with Gasteiger partial charge in [-0.05, 0) is 12.5 Å². The molecule has 0 aliphatic heterocycles. The highest BCUT2D eigenvalue weighted by atomic mass is 32.1. The molecule has 0 aliphatic rings. The van der Waals surface area contributed by atoms with Crippen LogP contribution in [0.5, 0.6) is 0 Å². The molecular weight excluding hydrogens is 322 g/mol. The molecule has 0 aromatic carbocycles. The van der Waals surface area contributed by atoms with Crippen molar-refractivity contribution in [3.05, 3.63) is 12.7 Å². The highest BCUT2D eigenvalue weighted by Gasteiger charge is 1.95. The standard InChI is InChI=1S/C23H45NS/c1-3-5-6-7-8-9-10-11-12-13-14-15-16-17-18-19-20-21-22-24-23(25)4-2/h4H,2-3,5-22H2,1H3,(H,24,25). The number of hydrogen-bond acceptors (Lipinski definition) is 1. The van der Waals surface area contributed by atoms with Crippen LogP contribution in [0.3, 0.4) is 0 Å². The summed E-state index contributed by atoms with van der Waals surface area (Å²) in [6.07, 6.45) is 27.3. The summed E-state index contributed by atoms with van der Waals surface area (Å²) < 4.78 is 0. The van der Waals surface area contributed by atoms with Crippen molar-refractivity contribution >= 4 is 17.2 Å². The van der Waals surface area contributed by atoms with E-state index in [2.05, 4.69) is 18.8 Å². The Morgan fingerprint density at radius 1 is 0.640 bits per heavy atom. The maximum absolute atomic E-state index is 5.04. The highest BCUT2D eigenvalue weighted by molar-refractivity contribution is 7.80. The molecule has 25 heavy (non-hydrogen) atoms. The summed E-state index contributed by atoms with van der Waals surface area (Å²) in [4.78, 5) is 0.784. The molecule has 0 aliphatic carbocycles. The molecule has 0 radical (unpaired) electrons. The maximum Gasteiger partial charge on any atom is 0.0982 e. The normalized spacial score (nSPS) is 10.8. The van der Waals surface area contributed by atoms with Crippen LogP contribution in [0.2, 0.25) is 0 Å². The lowest BCUT2D eigenvalue weighted by Gasteiger charge is -2.05. The van der Waals surface area contributed by atoms with Crippen molar-refractivity contribution in [2.24, 2.45) is 0 Å². The quantitative estimate of drug-likeness (QED) is 0.132. The van der Waals surface area contributed by atoms with Gasteiger partial charge < -0.3 is 5.32 Å². The number of unbranched alkanes of at least 4 members (excludes halogenated alkanes) is 17. The minimum absolute atomic E-state index is 0.784. The largest absolute Gasteiger partial charge is 0.376 e. The van der Waals surface area contributed by atoms with E-state index in [1.807, 2.05) is 0 Å². The molecule has 0 saturated carbocycles. The molecule has 0 saturated heterocycles. The van der Waals surface area contributed by atoms with Crippen molar-refractivity contribution in [3.63, 3.8) is 0 Å². The zero-order valence-electron chi connectivity index (χ0n) is 17.1. The fourth-order valence-corrected chi connectivity index (χ4v) is 3.41. The van der Waals surface area contributed by atoms with E-state index >= 15 is 0 Å². The summed E-state index contributed by atoms with van der Waals surface area (Å²) in [5.74, 6) is 0. The van der Waals surface area contributed by atoms with Gasteiger partial charge in [-0.1, -0.05) is 135 Å². The minimum atomic E-state index is 0.784. The first-order chi connectivity index (χ1) is 12.3. The van der Waals surface area contributed by atoms with Crippen LogP contribution < -0.4 is 5.32 Å². The molecule has 1 N–H and O–H groups in total. The van der Waals surface area contributed by atoms with Crippen LogP contribution in [0.15, 0.2) is 12.7 Å². The van der Waals surface area contributed by atoms with E-state index < -0.39 is 0 Å². The topological polar surface area (TPSA) is 12.0 Å². The van der Waals surface area contributed by atoms with Crippen LogP contribution in [-0.4, -0.2) is 11.5 Å². The molecular formula is C23H45NS. The smallest absolute Gasteiger partial charge is 0.0982 e. The van der Waals surface area contributed by atoms with Crippen molar-refractivity contribution in [2.75, 3.05) is 6.54 Å².